The Labute approximate surface area is 107 Å². The van der Waals surface area contributed by atoms with Crippen molar-refractivity contribution < 1.29 is 9.90 Å². The minimum Gasteiger partial charge on any atom is -0.480 e. The molecule has 6 nitrogen and oxygen atoms in total. The zero-order valence-electron chi connectivity index (χ0n) is 10.9. The van der Waals surface area contributed by atoms with Crippen LogP contribution in [0.2, 0.25) is 0 Å². The fourth-order valence-corrected chi connectivity index (χ4v) is 2.37. The first-order chi connectivity index (χ1) is 8.63. The summed E-state index contributed by atoms with van der Waals surface area (Å²) in [5, 5.41) is 9.49. The van der Waals surface area contributed by atoms with Crippen molar-refractivity contribution in [1.82, 2.24) is 19.4 Å². The van der Waals surface area contributed by atoms with Gasteiger partial charge in [-0.15, -0.1) is 0 Å². The molecular formula is C12H20N4O2. The maximum atomic E-state index is 11.6. The summed E-state index contributed by atoms with van der Waals surface area (Å²) < 4.78 is 1.90. The van der Waals surface area contributed by atoms with Gasteiger partial charge in [0, 0.05) is 32.7 Å². The fraction of sp³-hybridized carbons (Fsp3) is 0.667. The molecule has 100 valence electrons. The van der Waals surface area contributed by atoms with Crippen LogP contribution < -0.4 is 0 Å². The maximum absolute atomic E-state index is 11.6. The second-order valence-corrected chi connectivity index (χ2v) is 4.68. The summed E-state index contributed by atoms with van der Waals surface area (Å²) >= 11 is 0. The van der Waals surface area contributed by atoms with Gasteiger partial charge in [0.1, 0.15) is 0 Å². The molecule has 0 bridgehead atoms. The summed E-state index contributed by atoms with van der Waals surface area (Å²) in [6.45, 7) is 6.11. The number of aromatic nitrogens is 2. The van der Waals surface area contributed by atoms with Crippen LogP contribution in [0.1, 0.15) is 18.7 Å². The second-order valence-electron chi connectivity index (χ2n) is 4.68. The zero-order chi connectivity index (χ0) is 13.1. The van der Waals surface area contributed by atoms with Crippen molar-refractivity contribution in [3.8, 4) is 0 Å². The standard InChI is InChI=1S/C12H20N4O2/c1-3-15-9-13-8-10(15)11(12(17)18)16-6-4-14(2)5-7-16/h8-9,11H,3-7H2,1-2H3,(H,17,18). The van der Waals surface area contributed by atoms with Crippen molar-refractivity contribution in [3.63, 3.8) is 0 Å². The number of hydrogen-bond donors (Lipinski definition) is 1. The van der Waals surface area contributed by atoms with Crippen LogP contribution in [0, 0.1) is 0 Å². The summed E-state index contributed by atoms with van der Waals surface area (Å²) in [4.78, 5) is 19.9. The van der Waals surface area contributed by atoms with Crippen LogP contribution in [0.5, 0.6) is 0 Å². The fourth-order valence-electron chi connectivity index (χ4n) is 2.37. The number of carboxylic acid groups (broad SMARTS) is 1. The third-order valence-electron chi connectivity index (χ3n) is 3.50. The number of piperazine rings is 1. The first-order valence-electron chi connectivity index (χ1n) is 6.29. The molecule has 0 amide bonds. The SMILES string of the molecule is CCn1cncc1C(C(=O)O)N1CCN(C)CC1. The molecule has 1 unspecified atom stereocenters. The summed E-state index contributed by atoms with van der Waals surface area (Å²) in [5.74, 6) is -0.797. The van der Waals surface area contributed by atoms with Crippen molar-refractivity contribution in [2.24, 2.45) is 0 Å². The average Bonchev–Trinajstić information content (AvgIpc) is 2.79. The number of aryl methyl sites for hydroxylation is 1. The summed E-state index contributed by atoms with van der Waals surface area (Å²) in [6, 6.07) is -0.582. The summed E-state index contributed by atoms with van der Waals surface area (Å²) in [6.07, 6.45) is 3.36. The highest BCUT2D eigenvalue weighted by atomic mass is 16.4. The van der Waals surface area contributed by atoms with E-state index in [9.17, 15) is 9.90 Å². The lowest BCUT2D eigenvalue weighted by Crippen LogP contribution is -2.48. The molecule has 6 heteroatoms. The van der Waals surface area contributed by atoms with Crippen LogP contribution in [-0.2, 0) is 11.3 Å². The molecule has 1 aromatic rings. The van der Waals surface area contributed by atoms with Crippen LogP contribution in [-0.4, -0.2) is 63.7 Å². The van der Waals surface area contributed by atoms with Crippen molar-refractivity contribution in [3.05, 3.63) is 18.2 Å². The normalized spacial score (nSPS) is 19.9. The van der Waals surface area contributed by atoms with Crippen molar-refractivity contribution in [2.45, 2.75) is 19.5 Å². The summed E-state index contributed by atoms with van der Waals surface area (Å²) in [7, 11) is 2.06. The molecular weight excluding hydrogens is 232 g/mol. The van der Waals surface area contributed by atoms with E-state index >= 15 is 0 Å². The predicted octanol–water partition coefficient (Wildman–Crippen LogP) is 0.276. The number of aliphatic carboxylic acids is 1. The largest absolute Gasteiger partial charge is 0.480 e. The van der Waals surface area contributed by atoms with Crippen LogP contribution >= 0.6 is 0 Å². The molecule has 2 rings (SSSR count). The molecule has 1 aromatic heterocycles. The van der Waals surface area contributed by atoms with Gasteiger partial charge in [0.2, 0.25) is 0 Å². The van der Waals surface area contributed by atoms with E-state index < -0.39 is 12.0 Å². The minimum atomic E-state index is -0.797. The highest BCUT2D eigenvalue weighted by Gasteiger charge is 2.31. The zero-order valence-corrected chi connectivity index (χ0v) is 10.9. The molecule has 1 N–H and O–H groups in total. The Balaban J connectivity index is 2.21. The first kappa shape index (κ1) is 13.0. The quantitative estimate of drug-likeness (QED) is 0.834. The van der Waals surface area contributed by atoms with E-state index in [4.69, 9.17) is 0 Å². The van der Waals surface area contributed by atoms with E-state index in [1.807, 2.05) is 16.4 Å². The molecule has 1 saturated heterocycles. The van der Waals surface area contributed by atoms with E-state index in [1.54, 1.807) is 12.5 Å². The van der Waals surface area contributed by atoms with Gasteiger partial charge in [0.15, 0.2) is 6.04 Å². The van der Waals surface area contributed by atoms with E-state index in [1.165, 1.54) is 0 Å². The van der Waals surface area contributed by atoms with E-state index in [0.29, 0.717) is 0 Å². The Morgan fingerprint density at radius 1 is 1.44 bits per heavy atom. The Morgan fingerprint density at radius 3 is 2.67 bits per heavy atom. The van der Waals surface area contributed by atoms with Gasteiger partial charge in [0.05, 0.1) is 18.2 Å². The minimum absolute atomic E-state index is 0.582. The molecule has 1 fully saturated rings. The van der Waals surface area contributed by atoms with Crippen molar-refractivity contribution in [2.75, 3.05) is 33.2 Å². The lowest BCUT2D eigenvalue weighted by molar-refractivity contribution is -0.144. The Hall–Kier alpha value is -1.40. The number of carboxylic acids is 1. The van der Waals surface area contributed by atoms with Crippen molar-refractivity contribution >= 4 is 5.97 Å². The lowest BCUT2D eigenvalue weighted by Gasteiger charge is -2.36. The number of rotatable bonds is 4. The molecule has 0 aromatic carbocycles. The number of imidazole rings is 1. The molecule has 18 heavy (non-hydrogen) atoms. The molecule has 0 spiro atoms. The number of likely N-dealkylation sites (N-methyl/N-ethyl adjacent to an activating group) is 1. The number of hydrogen-bond acceptors (Lipinski definition) is 4. The molecule has 0 saturated carbocycles. The Morgan fingerprint density at radius 2 is 2.11 bits per heavy atom. The van der Waals surface area contributed by atoms with E-state index in [-0.39, 0.29) is 0 Å². The van der Waals surface area contributed by atoms with Gasteiger partial charge in [0.25, 0.3) is 0 Å². The number of nitrogens with zero attached hydrogens (tertiary/aromatic N) is 4. The topological polar surface area (TPSA) is 61.6 Å². The average molecular weight is 252 g/mol. The first-order valence-corrected chi connectivity index (χ1v) is 6.29. The van der Waals surface area contributed by atoms with Crippen LogP contribution in [0.25, 0.3) is 0 Å². The van der Waals surface area contributed by atoms with Crippen LogP contribution in [0.4, 0.5) is 0 Å². The maximum Gasteiger partial charge on any atom is 0.327 e. The Bertz CT molecular complexity index is 410. The highest BCUT2D eigenvalue weighted by Crippen LogP contribution is 2.22. The van der Waals surface area contributed by atoms with Gasteiger partial charge in [-0.05, 0) is 14.0 Å². The summed E-state index contributed by atoms with van der Waals surface area (Å²) in [5.41, 5.74) is 0.773. The van der Waals surface area contributed by atoms with Gasteiger partial charge >= 0.3 is 5.97 Å². The third-order valence-corrected chi connectivity index (χ3v) is 3.50. The van der Waals surface area contributed by atoms with E-state index in [2.05, 4.69) is 16.9 Å². The van der Waals surface area contributed by atoms with Crippen molar-refractivity contribution in [1.29, 1.82) is 0 Å². The van der Waals surface area contributed by atoms with Gasteiger partial charge in [-0.25, -0.2) is 4.98 Å². The number of carbonyl (C=O) groups is 1. The van der Waals surface area contributed by atoms with Gasteiger partial charge < -0.3 is 14.6 Å². The van der Waals surface area contributed by atoms with Crippen LogP contribution in [0.3, 0.4) is 0 Å². The van der Waals surface area contributed by atoms with Crippen LogP contribution in [0.15, 0.2) is 12.5 Å². The van der Waals surface area contributed by atoms with Gasteiger partial charge in [-0.3, -0.25) is 9.69 Å². The molecule has 1 aliphatic rings. The Kier molecular flexibility index (Phi) is 3.98. The van der Waals surface area contributed by atoms with E-state index in [0.717, 1.165) is 38.4 Å². The second kappa shape index (κ2) is 5.49. The van der Waals surface area contributed by atoms with Gasteiger partial charge in [-0.1, -0.05) is 0 Å². The van der Waals surface area contributed by atoms with Gasteiger partial charge in [-0.2, -0.15) is 0 Å². The highest BCUT2D eigenvalue weighted by molar-refractivity contribution is 5.75. The monoisotopic (exact) mass is 252 g/mol. The molecule has 1 atom stereocenters. The smallest absolute Gasteiger partial charge is 0.327 e. The molecule has 1 aliphatic heterocycles. The predicted molar refractivity (Wildman–Crippen MR) is 67.3 cm³/mol. The molecule has 0 radical (unpaired) electrons. The molecule has 2 heterocycles. The third kappa shape index (κ3) is 2.54. The molecule has 0 aliphatic carbocycles. The lowest BCUT2D eigenvalue weighted by atomic mass is 10.1.